The van der Waals surface area contributed by atoms with Crippen molar-refractivity contribution < 1.29 is 18.7 Å². The van der Waals surface area contributed by atoms with Gasteiger partial charge in [-0.3, -0.25) is 14.8 Å². The zero-order valence-corrected chi connectivity index (χ0v) is 19.4. The van der Waals surface area contributed by atoms with Gasteiger partial charge in [-0.15, -0.1) is 0 Å². The number of rotatable bonds is 5. The van der Waals surface area contributed by atoms with E-state index in [-0.39, 0.29) is 24.3 Å². The van der Waals surface area contributed by atoms with Crippen molar-refractivity contribution in [2.24, 2.45) is 17.8 Å². The predicted molar refractivity (Wildman–Crippen MR) is 121 cm³/mol. The van der Waals surface area contributed by atoms with Crippen LogP contribution in [0.1, 0.15) is 39.2 Å². The maximum atomic E-state index is 14.8. The first-order valence-electron chi connectivity index (χ1n) is 11.7. The number of benzene rings is 1. The fourth-order valence-corrected chi connectivity index (χ4v) is 5.68. The number of nitrogens with zero attached hydrogens (tertiary/aromatic N) is 3. The van der Waals surface area contributed by atoms with Crippen LogP contribution in [-0.4, -0.2) is 50.8 Å². The molecule has 2 amide bonds. The predicted octanol–water partition coefficient (Wildman–Crippen LogP) is 3.41. The lowest BCUT2D eigenvalue weighted by Crippen LogP contribution is -2.56. The highest BCUT2D eigenvalue weighted by Crippen LogP contribution is 2.63. The molecule has 9 heteroatoms. The average Bonchev–Trinajstić information content (AvgIpc) is 3.12. The summed E-state index contributed by atoms with van der Waals surface area (Å²) in [6, 6.07) is 6.95. The molecule has 2 bridgehead atoms. The summed E-state index contributed by atoms with van der Waals surface area (Å²) in [5.41, 5.74) is 0.893. The van der Waals surface area contributed by atoms with Crippen LogP contribution in [0.4, 0.5) is 9.18 Å². The van der Waals surface area contributed by atoms with Gasteiger partial charge in [0.2, 0.25) is 5.91 Å². The molecule has 6 atom stereocenters. The lowest BCUT2D eigenvalue weighted by atomic mass is 9.95. The molecular weight excluding hydrogens is 437 g/mol. The van der Waals surface area contributed by atoms with Crippen LogP contribution in [0, 0.1) is 34.9 Å². The van der Waals surface area contributed by atoms with Crippen molar-refractivity contribution in [1.82, 2.24) is 20.4 Å². The van der Waals surface area contributed by atoms with E-state index in [2.05, 4.69) is 21.6 Å². The van der Waals surface area contributed by atoms with Crippen LogP contribution < -0.4 is 5.32 Å². The number of carbonyl (C=O) groups is 2. The summed E-state index contributed by atoms with van der Waals surface area (Å²) in [6.07, 6.45) is 3.00. The molecule has 2 aliphatic carbocycles. The van der Waals surface area contributed by atoms with E-state index in [1.54, 1.807) is 50.1 Å². The van der Waals surface area contributed by atoms with E-state index in [1.165, 1.54) is 6.07 Å². The third-order valence-corrected chi connectivity index (χ3v) is 7.13. The van der Waals surface area contributed by atoms with Gasteiger partial charge >= 0.3 is 6.09 Å². The summed E-state index contributed by atoms with van der Waals surface area (Å²) in [6.45, 7) is 5.39. The van der Waals surface area contributed by atoms with Crippen molar-refractivity contribution >= 4 is 12.0 Å². The third kappa shape index (κ3) is 4.02. The number of fused-ring (bicyclic) bond motifs is 5. The summed E-state index contributed by atoms with van der Waals surface area (Å²) in [7, 11) is 0. The molecule has 2 aromatic rings. The SMILES string of the molecule is CC(C)(C)OC(=O)N1[C@H](C(=O)N[C@H](C#N)Cc2ccc(-c3cc[nH]n3)cc2F)[C@@H]2C[C@H]1[C@H]1C[C@@H]21. The maximum absolute atomic E-state index is 14.8. The number of hydrogen-bond donors (Lipinski definition) is 2. The summed E-state index contributed by atoms with van der Waals surface area (Å²) in [4.78, 5) is 27.9. The first-order chi connectivity index (χ1) is 16.2. The summed E-state index contributed by atoms with van der Waals surface area (Å²) in [5.74, 6) is 0.129. The van der Waals surface area contributed by atoms with Crippen molar-refractivity contribution in [1.29, 1.82) is 5.26 Å². The summed E-state index contributed by atoms with van der Waals surface area (Å²) < 4.78 is 20.3. The topological polar surface area (TPSA) is 111 Å². The minimum Gasteiger partial charge on any atom is -0.444 e. The van der Waals surface area contributed by atoms with Gasteiger partial charge < -0.3 is 10.1 Å². The standard InChI is InChI=1S/C25H28FN5O3/c1-25(2,3)34-24(33)31-21-11-18(16-10-17(16)21)22(31)23(32)29-15(12-27)8-13-4-5-14(9-19(13)26)20-6-7-28-30-20/h4-7,9,15-18,21-22H,8,10-11H2,1-3H3,(H,28,30)(H,29,32)/t15-,16+,17-,18+,21-,22-/m0/s1. The number of nitriles is 1. The number of carbonyl (C=O) groups excluding carboxylic acids is 2. The second-order valence-corrected chi connectivity index (χ2v) is 10.5. The Labute approximate surface area is 197 Å². The van der Waals surface area contributed by atoms with E-state index in [9.17, 15) is 19.2 Å². The molecule has 5 rings (SSSR count). The van der Waals surface area contributed by atoms with Gasteiger partial charge in [0, 0.05) is 24.2 Å². The zero-order chi connectivity index (χ0) is 24.2. The monoisotopic (exact) mass is 465 g/mol. The van der Waals surface area contributed by atoms with Gasteiger partial charge in [0.25, 0.3) is 0 Å². The number of amides is 2. The number of hydrogen-bond acceptors (Lipinski definition) is 5. The number of likely N-dealkylation sites (tertiary alicyclic amines) is 1. The van der Waals surface area contributed by atoms with Crippen LogP contribution >= 0.6 is 0 Å². The second-order valence-electron chi connectivity index (χ2n) is 10.5. The van der Waals surface area contributed by atoms with Crippen LogP contribution in [0.3, 0.4) is 0 Å². The Kier molecular flexibility index (Phi) is 5.34. The molecular formula is C25H28FN5O3. The van der Waals surface area contributed by atoms with Gasteiger partial charge in [-0.05, 0) is 69.1 Å². The lowest BCUT2D eigenvalue weighted by molar-refractivity contribution is -0.128. The maximum Gasteiger partial charge on any atom is 0.411 e. The lowest BCUT2D eigenvalue weighted by Gasteiger charge is -2.35. The Morgan fingerprint density at radius 2 is 2.09 bits per heavy atom. The van der Waals surface area contributed by atoms with Gasteiger partial charge in [-0.1, -0.05) is 12.1 Å². The fourth-order valence-electron chi connectivity index (χ4n) is 5.68. The van der Waals surface area contributed by atoms with Crippen molar-refractivity contribution in [3.63, 3.8) is 0 Å². The van der Waals surface area contributed by atoms with Gasteiger partial charge in [0.1, 0.15) is 23.5 Å². The van der Waals surface area contributed by atoms with E-state index in [0.717, 1.165) is 12.8 Å². The number of piperidine rings is 1. The average molecular weight is 466 g/mol. The number of ether oxygens (including phenoxy) is 1. The molecule has 2 N–H and O–H groups in total. The molecule has 2 saturated carbocycles. The summed E-state index contributed by atoms with van der Waals surface area (Å²) >= 11 is 0. The molecule has 0 spiro atoms. The minimum absolute atomic E-state index is 0.00756. The van der Waals surface area contributed by atoms with E-state index in [0.29, 0.717) is 28.7 Å². The highest BCUT2D eigenvalue weighted by molar-refractivity contribution is 5.88. The van der Waals surface area contributed by atoms with Gasteiger partial charge in [-0.25, -0.2) is 9.18 Å². The molecule has 2 heterocycles. The van der Waals surface area contributed by atoms with Gasteiger partial charge in [0.05, 0.1) is 11.8 Å². The molecule has 178 valence electrons. The molecule has 34 heavy (non-hydrogen) atoms. The third-order valence-electron chi connectivity index (χ3n) is 7.13. The number of halogens is 1. The first-order valence-corrected chi connectivity index (χ1v) is 11.7. The van der Waals surface area contributed by atoms with Crippen LogP contribution in [0.15, 0.2) is 30.5 Å². The smallest absolute Gasteiger partial charge is 0.411 e. The Morgan fingerprint density at radius 3 is 2.74 bits per heavy atom. The quantitative estimate of drug-likeness (QED) is 0.703. The van der Waals surface area contributed by atoms with E-state index in [4.69, 9.17) is 4.74 Å². The fraction of sp³-hybridized carbons (Fsp3) is 0.520. The minimum atomic E-state index is -0.923. The van der Waals surface area contributed by atoms with Crippen molar-refractivity contribution in [3.05, 3.63) is 41.8 Å². The molecule has 8 nitrogen and oxygen atoms in total. The molecule has 1 aromatic heterocycles. The van der Waals surface area contributed by atoms with Crippen LogP contribution in [-0.2, 0) is 16.0 Å². The Hall–Kier alpha value is -3.41. The van der Waals surface area contributed by atoms with E-state index in [1.807, 2.05) is 0 Å². The Bertz CT molecular complexity index is 1150. The van der Waals surface area contributed by atoms with Gasteiger partial charge in [0.15, 0.2) is 0 Å². The second kappa shape index (κ2) is 8.12. The van der Waals surface area contributed by atoms with E-state index < -0.39 is 29.6 Å². The Balaban J connectivity index is 1.29. The molecule has 1 saturated heterocycles. The molecule has 0 unspecified atom stereocenters. The largest absolute Gasteiger partial charge is 0.444 e. The van der Waals surface area contributed by atoms with E-state index >= 15 is 0 Å². The number of aromatic nitrogens is 2. The van der Waals surface area contributed by atoms with Crippen LogP contribution in [0.2, 0.25) is 0 Å². The molecule has 1 aromatic carbocycles. The first kappa shape index (κ1) is 22.4. The molecule has 1 aliphatic heterocycles. The highest BCUT2D eigenvalue weighted by atomic mass is 19.1. The highest BCUT2D eigenvalue weighted by Gasteiger charge is 2.67. The van der Waals surface area contributed by atoms with Crippen molar-refractivity contribution in [2.75, 3.05) is 0 Å². The number of nitrogens with one attached hydrogen (secondary N) is 2. The van der Waals surface area contributed by atoms with Crippen molar-refractivity contribution in [2.45, 2.75) is 63.8 Å². The Morgan fingerprint density at radius 1 is 1.29 bits per heavy atom. The van der Waals surface area contributed by atoms with Crippen LogP contribution in [0.25, 0.3) is 11.3 Å². The van der Waals surface area contributed by atoms with Crippen molar-refractivity contribution in [3.8, 4) is 17.3 Å². The molecule has 0 radical (unpaired) electrons. The number of aromatic amines is 1. The zero-order valence-electron chi connectivity index (χ0n) is 19.4. The normalized spacial score (nSPS) is 27.6. The van der Waals surface area contributed by atoms with Crippen LogP contribution in [0.5, 0.6) is 0 Å². The number of H-pyrrole nitrogens is 1. The van der Waals surface area contributed by atoms with Gasteiger partial charge in [-0.2, -0.15) is 10.4 Å². The summed E-state index contributed by atoms with van der Waals surface area (Å²) in [5, 5.41) is 19.2. The molecule has 3 fully saturated rings. The molecule has 3 aliphatic rings.